The fourth-order valence-corrected chi connectivity index (χ4v) is 3.97. The zero-order valence-corrected chi connectivity index (χ0v) is 19.5. The third-order valence-corrected chi connectivity index (χ3v) is 5.78. The summed E-state index contributed by atoms with van der Waals surface area (Å²) in [6.07, 6.45) is 0.895. The first kappa shape index (κ1) is 23.5. The van der Waals surface area contributed by atoms with Gasteiger partial charge >= 0.3 is 0 Å². The van der Waals surface area contributed by atoms with E-state index < -0.39 is 17.7 Å². The van der Waals surface area contributed by atoms with Gasteiger partial charge in [-0.15, -0.1) is 0 Å². The van der Waals surface area contributed by atoms with E-state index in [1.807, 2.05) is 57.1 Å². The van der Waals surface area contributed by atoms with Crippen LogP contribution in [0.4, 0.5) is 0 Å². The van der Waals surface area contributed by atoms with Gasteiger partial charge in [-0.05, 0) is 69.3 Å². The number of hydrogen-bond donors (Lipinski definition) is 1. The van der Waals surface area contributed by atoms with Gasteiger partial charge in [0.15, 0.2) is 0 Å². The molecule has 1 atom stereocenters. The summed E-state index contributed by atoms with van der Waals surface area (Å²) in [4.78, 5) is 29.6. The topological polar surface area (TPSA) is 70.1 Å². The summed E-state index contributed by atoms with van der Waals surface area (Å²) in [5.74, 6) is -0.674. The van der Waals surface area contributed by atoms with Gasteiger partial charge in [0.1, 0.15) is 11.5 Å². The number of likely N-dealkylation sites (N-methyl/N-ethyl adjacent to an activating group) is 1. The first-order chi connectivity index (χ1) is 15.3. The summed E-state index contributed by atoms with van der Waals surface area (Å²) >= 11 is 0. The number of ketones is 1. The number of ether oxygens (including phenoxy) is 1. The van der Waals surface area contributed by atoms with Crippen molar-refractivity contribution in [2.75, 3.05) is 33.8 Å². The molecule has 1 N–H and O–H groups in total. The molecule has 0 aliphatic carbocycles. The Hall–Kier alpha value is -3.12. The van der Waals surface area contributed by atoms with Gasteiger partial charge in [-0.25, -0.2) is 0 Å². The van der Waals surface area contributed by atoms with Crippen LogP contribution >= 0.6 is 0 Å². The lowest BCUT2D eigenvalue weighted by atomic mass is 9.94. The smallest absolute Gasteiger partial charge is 0.295 e. The number of rotatable bonds is 8. The Kier molecular flexibility index (Phi) is 7.36. The first-order valence-electron chi connectivity index (χ1n) is 11.0. The van der Waals surface area contributed by atoms with Crippen molar-refractivity contribution in [1.29, 1.82) is 0 Å². The molecule has 0 saturated carbocycles. The second kappa shape index (κ2) is 10.0. The van der Waals surface area contributed by atoms with Crippen LogP contribution in [-0.2, 0) is 16.0 Å². The second-order valence-corrected chi connectivity index (χ2v) is 8.30. The van der Waals surface area contributed by atoms with Gasteiger partial charge in [0, 0.05) is 18.7 Å². The molecule has 32 heavy (non-hydrogen) atoms. The molecule has 1 unspecified atom stereocenters. The van der Waals surface area contributed by atoms with Crippen LogP contribution in [0.3, 0.4) is 0 Å². The Bertz CT molecular complexity index is 1020. The minimum Gasteiger partial charge on any atom is -0.507 e. The average Bonchev–Trinajstić information content (AvgIpc) is 3.03. The van der Waals surface area contributed by atoms with Crippen LogP contribution in [0, 0.1) is 6.92 Å². The second-order valence-electron chi connectivity index (χ2n) is 8.30. The number of aliphatic hydroxyl groups is 1. The van der Waals surface area contributed by atoms with Crippen LogP contribution in [0.25, 0.3) is 5.76 Å². The van der Waals surface area contributed by atoms with Crippen LogP contribution in [0.2, 0.25) is 0 Å². The highest BCUT2D eigenvalue weighted by atomic mass is 16.5. The highest BCUT2D eigenvalue weighted by Crippen LogP contribution is 2.39. The van der Waals surface area contributed by atoms with Crippen LogP contribution in [0.5, 0.6) is 5.75 Å². The molecule has 2 aromatic rings. The van der Waals surface area contributed by atoms with Crippen molar-refractivity contribution in [3.63, 3.8) is 0 Å². The Morgan fingerprint density at radius 1 is 1.09 bits per heavy atom. The molecule has 2 aromatic carbocycles. The SMILES string of the molecule is CCOc1ccc(/C(O)=C2/C(=O)C(=O)N(CCN(C)C)C2c2ccc(CC)cc2)cc1C. The molecule has 6 nitrogen and oxygen atoms in total. The van der Waals surface area contributed by atoms with Gasteiger partial charge < -0.3 is 19.6 Å². The number of Topliss-reactive ketones (excluding diaryl/α,β-unsaturated/α-hetero) is 1. The number of aliphatic hydroxyl groups excluding tert-OH is 1. The van der Waals surface area contributed by atoms with E-state index in [2.05, 4.69) is 6.92 Å². The van der Waals surface area contributed by atoms with E-state index in [-0.39, 0.29) is 11.3 Å². The molecule has 1 heterocycles. The summed E-state index contributed by atoms with van der Waals surface area (Å²) in [5.41, 5.74) is 3.44. The fraction of sp³-hybridized carbons (Fsp3) is 0.385. The highest BCUT2D eigenvalue weighted by Gasteiger charge is 2.45. The molecule has 1 fully saturated rings. The number of benzene rings is 2. The van der Waals surface area contributed by atoms with Crippen molar-refractivity contribution < 1.29 is 19.4 Å². The lowest BCUT2D eigenvalue weighted by molar-refractivity contribution is -0.140. The predicted octanol–water partition coefficient (Wildman–Crippen LogP) is 3.94. The van der Waals surface area contributed by atoms with Gasteiger partial charge in [-0.3, -0.25) is 9.59 Å². The van der Waals surface area contributed by atoms with Crippen molar-refractivity contribution in [2.24, 2.45) is 0 Å². The number of likely N-dealkylation sites (tertiary alicyclic amines) is 1. The number of amides is 1. The minimum absolute atomic E-state index is 0.126. The molecular weight excluding hydrogens is 404 g/mol. The van der Waals surface area contributed by atoms with Gasteiger partial charge in [-0.1, -0.05) is 31.2 Å². The van der Waals surface area contributed by atoms with Gasteiger partial charge in [0.05, 0.1) is 18.2 Å². The normalized spacial score (nSPS) is 17.9. The molecule has 0 aromatic heterocycles. The van der Waals surface area contributed by atoms with Crippen LogP contribution in [-0.4, -0.2) is 60.4 Å². The Morgan fingerprint density at radius 2 is 1.78 bits per heavy atom. The van der Waals surface area contributed by atoms with E-state index in [0.29, 0.717) is 25.3 Å². The zero-order chi connectivity index (χ0) is 23.4. The molecule has 1 amide bonds. The molecule has 0 radical (unpaired) electrons. The number of hydrogen-bond acceptors (Lipinski definition) is 5. The minimum atomic E-state index is -0.655. The van der Waals surface area contributed by atoms with E-state index >= 15 is 0 Å². The Balaban J connectivity index is 2.12. The van der Waals surface area contributed by atoms with Crippen molar-refractivity contribution in [3.8, 4) is 5.75 Å². The Labute approximate surface area is 190 Å². The summed E-state index contributed by atoms with van der Waals surface area (Å²) in [7, 11) is 3.84. The first-order valence-corrected chi connectivity index (χ1v) is 11.0. The lowest BCUT2D eigenvalue weighted by Crippen LogP contribution is -2.35. The molecule has 170 valence electrons. The molecular formula is C26H32N2O4. The van der Waals surface area contributed by atoms with Crippen molar-refractivity contribution >= 4 is 17.4 Å². The van der Waals surface area contributed by atoms with Crippen LogP contribution in [0.1, 0.15) is 42.1 Å². The van der Waals surface area contributed by atoms with Gasteiger partial charge in [0.2, 0.25) is 0 Å². The zero-order valence-electron chi connectivity index (χ0n) is 19.5. The third-order valence-electron chi connectivity index (χ3n) is 5.78. The molecule has 3 rings (SSSR count). The number of nitrogens with zero attached hydrogens (tertiary/aromatic N) is 2. The van der Waals surface area contributed by atoms with E-state index in [4.69, 9.17) is 4.74 Å². The monoisotopic (exact) mass is 436 g/mol. The predicted molar refractivity (Wildman–Crippen MR) is 126 cm³/mol. The van der Waals surface area contributed by atoms with Crippen molar-refractivity contribution in [2.45, 2.75) is 33.2 Å². The molecule has 0 spiro atoms. The molecule has 0 bridgehead atoms. The number of carbonyl (C=O) groups excluding carboxylic acids is 2. The lowest BCUT2D eigenvalue weighted by Gasteiger charge is -2.26. The molecule has 1 saturated heterocycles. The maximum absolute atomic E-state index is 13.1. The van der Waals surface area contributed by atoms with E-state index in [9.17, 15) is 14.7 Å². The largest absolute Gasteiger partial charge is 0.507 e. The van der Waals surface area contributed by atoms with Crippen molar-refractivity contribution in [3.05, 3.63) is 70.3 Å². The van der Waals surface area contributed by atoms with E-state index in [1.165, 1.54) is 5.56 Å². The number of aryl methyl sites for hydroxylation is 2. The maximum atomic E-state index is 13.1. The Morgan fingerprint density at radius 3 is 2.34 bits per heavy atom. The standard InChI is InChI=1S/C26H32N2O4/c1-6-18-8-10-19(11-9-18)23-22(25(30)26(31)28(23)15-14-27(4)5)24(29)20-12-13-21(32-7-2)17(3)16-20/h8-13,16,23,29H,6-7,14-15H2,1-5H3/b24-22-. The summed E-state index contributed by atoms with van der Waals surface area (Å²) in [6.45, 7) is 7.41. The van der Waals surface area contributed by atoms with Crippen LogP contribution in [0.15, 0.2) is 48.0 Å². The van der Waals surface area contributed by atoms with E-state index in [0.717, 1.165) is 23.3 Å². The summed E-state index contributed by atoms with van der Waals surface area (Å²) in [5, 5.41) is 11.2. The highest BCUT2D eigenvalue weighted by molar-refractivity contribution is 6.46. The van der Waals surface area contributed by atoms with Crippen LogP contribution < -0.4 is 4.74 Å². The quantitative estimate of drug-likeness (QED) is 0.386. The van der Waals surface area contributed by atoms with Crippen molar-refractivity contribution in [1.82, 2.24) is 9.80 Å². The van der Waals surface area contributed by atoms with E-state index in [1.54, 1.807) is 23.1 Å². The van der Waals surface area contributed by atoms with Gasteiger partial charge in [-0.2, -0.15) is 0 Å². The summed E-state index contributed by atoms with van der Waals surface area (Å²) in [6, 6.07) is 12.5. The molecule has 6 heteroatoms. The maximum Gasteiger partial charge on any atom is 0.295 e. The van der Waals surface area contributed by atoms with Gasteiger partial charge in [0.25, 0.3) is 11.7 Å². The fourth-order valence-electron chi connectivity index (χ4n) is 3.97. The summed E-state index contributed by atoms with van der Waals surface area (Å²) < 4.78 is 5.59. The third kappa shape index (κ3) is 4.70. The average molecular weight is 437 g/mol. The molecule has 1 aliphatic heterocycles. The molecule has 1 aliphatic rings. The number of carbonyl (C=O) groups is 2.